The average molecular weight is 526 g/mol. The van der Waals surface area contributed by atoms with Crippen LogP contribution in [0, 0.1) is 0 Å². The summed E-state index contributed by atoms with van der Waals surface area (Å²) in [6.07, 6.45) is -1.71. The lowest BCUT2D eigenvalue weighted by Crippen LogP contribution is -2.21. The second-order valence-electron chi connectivity index (χ2n) is 8.43. The summed E-state index contributed by atoms with van der Waals surface area (Å²) in [7, 11) is 0. The third-order valence-corrected chi connectivity index (χ3v) is 6.03. The number of aromatic nitrogens is 6. The fourth-order valence-corrected chi connectivity index (χ4v) is 4.38. The third kappa shape index (κ3) is 4.01. The average Bonchev–Trinajstić information content (AvgIpc) is 3.52. The van der Waals surface area contributed by atoms with Gasteiger partial charge in [-0.05, 0) is 42.0 Å². The summed E-state index contributed by atoms with van der Waals surface area (Å²) in [5, 5.41) is 12.3. The Bertz CT molecular complexity index is 1870. The number of hydrogen-bond acceptors (Lipinski definition) is 5. The highest BCUT2D eigenvalue weighted by atomic mass is 19.4. The summed E-state index contributed by atoms with van der Waals surface area (Å²) in [6, 6.07) is 13.0. The SMILES string of the molecule is O=c1c2nn(Cc3ccc(OC(F)F)cc3)cc2c2ccc(C(F)(F)F)nc2n1-c1cccc2[nH]ncc12. The Morgan fingerprint density at radius 2 is 1.76 bits per heavy atom. The molecule has 0 atom stereocenters. The van der Waals surface area contributed by atoms with E-state index in [1.807, 2.05) is 0 Å². The van der Waals surface area contributed by atoms with Crippen molar-refractivity contribution in [3.8, 4) is 11.4 Å². The number of rotatable bonds is 5. The lowest BCUT2D eigenvalue weighted by Gasteiger charge is -2.13. The molecule has 0 bridgehead atoms. The van der Waals surface area contributed by atoms with Gasteiger partial charge < -0.3 is 4.74 Å². The second kappa shape index (κ2) is 8.64. The Labute approximate surface area is 208 Å². The van der Waals surface area contributed by atoms with Gasteiger partial charge in [-0.3, -0.25) is 19.1 Å². The first-order valence-corrected chi connectivity index (χ1v) is 11.2. The smallest absolute Gasteiger partial charge is 0.433 e. The molecule has 0 saturated carbocycles. The molecule has 0 fully saturated rings. The normalized spacial score (nSPS) is 12.3. The van der Waals surface area contributed by atoms with E-state index in [2.05, 4.69) is 25.0 Å². The number of hydrogen-bond donors (Lipinski definition) is 1. The van der Waals surface area contributed by atoms with E-state index in [-0.39, 0.29) is 23.5 Å². The summed E-state index contributed by atoms with van der Waals surface area (Å²) in [5.74, 6) is -0.0109. The topological polar surface area (TPSA) is 90.6 Å². The van der Waals surface area contributed by atoms with Gasteiger partial charge in [-0.2, -0.15) is 32.1 Å². The molecule has 8 nitrogen and oxygen atoms in total. The molecule has 0 unspecified atom stereocenters. The zero-order valence-electron chi connectivity index (χ0n) is 19.1. The quantitative estimate of drug-likeness (QED) is 0.309. The Kier molecular flexibility index (Phi) is 5.36. The van der Waals surface area contributed by atoms with Crippen LogP contribution < -0.4 is 10.3 Å². The van der Waals surface area contributed by atoms with Crippen LogP contribution in [0.3, 0.4) is 0 Å². The van der Waals surface area contributed by atoms with E-state index >= 15 is 0 Å². The van der Waals surface area contributed by atoms with Crippen molar-refractivity contribution in [2.24, 2.45) is 0 Å². The Morgan fingerprint density at radius 1 is 0.974 bits per heavy atom. The van der Waals surface area contributed by atoms with E-state index in [1.54, 1.807) is 36.5 Å². The molecular formula is C25H15F5N6O2. The van der Waals surface area contributed by atoms with Gasteiger partial charge in [-0.1, -0.05) is 18.2 Å². The number of halogens is 5. The van der Waals surface area contributed by atoms with Crippen molar-refractivity contribution in [3.63, 3.8) is 0 Å². The summed E-state index contributed by atoms with van der Waals surface area (Å²) in [5.41, 5.74) is -0.410. The molecule has 1 N–H and O–H groups in total. The largest absolute Gasteiger partial charge is 0.435 e. The molecule has 13 heteroatoms. The van der Waals surface area contributed by atoms with Crippen LogP contribution in [0.15, 0.2) is 71.8 Å². The highest BCUT2D eigenvalue weighted by molar-refractivity contribution is 6.04. The molecule has 0 radical (unpaired) electrons. The monoisotopic (exact) mass is 526 g/mol. The number of nitrogens with one attached hydrogen (secondary N) is 1. The zero-order chi connectivity index (χ0) is 26.6. The van der Waals surface area contributed by atoms with Gasteiger partial charge in [0.1, 0.15) is 17.1 Å². The molecule has 0 spiro atoms. The molecule has 4 aromatic heterocycles. The van der Waals surface area contributed by atoms with Crippen molar-refractivity contribution >= 4 is 32.8 Å². The van der Waals surface area contributed by atoms with Gasteiger partial charge in [0.15, 0.2) is 5.52 Å². The molecule has 6 aromatic rings. The zero-order valence-corrected chi connectivity index (χ0v) is 19.1. The summed E-state index contributed by atoms with van der Waals surface area (Å²) in [4.78, 5) is 17.6. The van der Waals surface area contributed by atoms with Gasteiger partial charge in [0.25, 0.3) is 5.56 Å². The summed E-state index contributed by atoms with van der Waals surface area (Å²) >= 11 is 0. The van der Waals surface area contributed by atoms with E-state index in [1.165, 1.54) is 29.1 Å². The van der Waals surface area contributed by atoms with Crippen LogP contribution in [0.25, 0.3) is 38.5 Å². The van der Waals surface area contributed by atoms with Crippen molar-refractivity contribution in [1.29, 1.82) is 0 Å². The van der Waals surface area contributed by atoms with Gasteiger partial charge in [0.05, 0.1) is 23.9 Å². The van der Waals surface area contributed by atoms with Gasteiger partial charge in [0.2, 0.25) is 0 Å². The van der Waals surface area contributed by atoms with Crippen molar-refractivity contribution in [2.75, 3.05) is 0 Å². The predicted molar refractivity (Wildman–Crippen MR) is 127 cm³/mol. The molecular weight excluding hydrogens is 511 g/mol. The maximum absolute atomic E-state index is 13.7. The number of aromatic amines is 1. The van der Waals surface area contributed by atoms with Crippen LogP contribution in [0.5, 0.6) is 5.75 Å². The fourth-order valence-electron chi connectivity index (χ4n) is 4.38. The van der Waals surface area contributed by atoms with Gasteiger partial charge >= 0.3 is 12.8 Å². The number of H-pyrrole nitrogens is 1. The maximum atomic E-state index is 13.7. The molecule has 2 aromatic carbocycles. The van der Waals surface area contributed by atoms with E-state index in [4.69, 9.17) is 0 Å². The minimum Gasteiger partial charge on any atom is -0.435 e. The molecule has 38 heavy (non-hydrogen) atoms. The lowest BCUT2D eigenvalue weighted by molar-refractivity contribution is -0.141. The number of alkyl halides is 5. The lowest BCUT2D eigenvalue weighted by atomic mass is 10.1. The number of fused-ring (bicyclic) bond motifs is 4. The molecule has 0 saturated heterocycles. The predicted octanol–water partition coefficient (Wildman–Crippen LogP) is 5.28. The Morgan fingerprint density at radius 3 is 2.50 bits per heavy atom. The Hall–Kier alpha value is -4.81. The molecule has 0 amide bonds. The second-order valence-corrected chi connectivity index (χ2v) is 8.43. The number of ether oxygens (including phenoxy) is 1. The first kappa shape index (κ1) is 23.6. The third-order valence-electron chi connectivity index (χ3n) is 6.03. The van der Waals surface area contributed by atoms with E-state index in [9.17, 15) is 26.7 Å². The summed E-state index contributed by atoms with van der Waals surface area (Å²) < 4.78 is 72.5. The van der Waals surface area contributed by atoms with Crippen molar-refractivity contribution < 1.29 is 26.7 Å². The molecule has 0 aliphatic heterocycles. The van der Waals surface area contributed by atoms with E-state index < -0.39 is 24.0 Å². The molecule has 192 valence electrons. The molecule has 4 heterocycles. The first-order valence-electron chi connectivity index (χ1n) is 11.2. The van der Waals surface area contributed by atoms with Gasteiger partial charge in [-0.25, -0.2) is 4.98 Å². The van der Waals surface area contributed by atoms with Crippen LogP contribution in [0.1, 0.15) is 11.3 Å². The van der Waals surface area contributed by atoms with Gasteiger partial charge in [0, 0.05) is 22.4 Å². The van der Waals surface area contributed by atoms with Crippen LogP contribution >= 0.6 is 0 Å². The first-order chi connectivity index (χ1) is 18.2. The van der Waals surface area contributed by atoms with Crippen LogP contribution in [-0.4, -0.2) is 36.1 Å². The van der Waals surface area contributed by atoms with E-state index in [0.29, 0.717) is 32.9 Å². The van der Waals surface area contributed by atoms with Crippen LogP contribution in [0.2, 0.25) is 0 Å². The maximum Gasteiger partial charge on any atom is 0.433 e. The van der Waals surface area contributed by atoms with Crippen molar-refractivity contribution in [3.05, 3.63) is 88.6 Å². The van der Waals surface area contributed by atoms with Crippen LogP contribution in [-0.2, 0) is 12.7 Å². The van der Waals surface area contributed by atoms with Crippen molar-refractivity contribution in [2.45, 2.75) is 19.3 Å². The minimum atomic E-state index is -4.73. The number of pyridine rings is 2. The highest BCUT2D eigenvalue weighted by Gasteiger charge is 2.33. The standard InChI is InChI=1S/C25H15F5N6O2/c26-24(27)38-14-6-4-13(5-7-14)11-35-12-17-15-8-9-20(25(28,29)30)32-22(15)36(23(37)21(17)34-35)19-3-1-2-18-16(19)10-31-33-18/h1-10,12,24H,11H2,(H,31,33). The van der Waals surface area contributed by atoms with E-state index in [0.717, 1.165) is 10.6 Å². The Balaban J connectivity index is 1.55. The molecule has 6 rings (SSSR count). The van der Waals surface area contributed by atoms with Crippen LogP contribution in [0.4, 0.5) is 22.0 Å². The molecule has 0 aliphatic rings. The fraction of sp³-hybridized carbons (Fsp3) is 0.120. The minimum absolute atomic E-state index is 0.0109. The van der Waals surface area contributed by atoms with Crippen molar-refractivity contribution in [1.82, 2.24) is 29.5 Å². The highest BCUT2D eigenvalue weighted by Crippen LogP contribution is 2.32. The number of nitrogens with zero attached hydrogens (tertiary/aromatic N) is 5. The summed E-state index contributed by atoms with van der Waals surface area (Å²) in [6.45, 7) is -2.79. The molecule has 0 aliphatic carbocycles. The number of benzene rings is 2. The van der Waals surface area contributed by atoms with Gasteiger partial charge in [-0.15, -0.1) is 0 Å².